The van der Waals surface area contributed by atoms with Crippen molar-refractivity contribution in [3.8, 4) is 5.75 Å². The van der Waals surface area contributed by atoms with Gasteiger partial charge >= 0.3 is 6.03 Å². The van der Waals surface area contributed by atoms with Crippen LogP contribution in [0.3, 0.4) is 0 Å². The first-order valence-corrected chi connectivity index (χ1v) is 11.9. The number of likely N-dealkylation sites (N-methyl/N-ethyl adjacent to an activating group) is 1. The van der Waals surface area contributed by atoms with Crippen LogP contribution >= 0.6 is 0 Å². The van der Waals surface area contributed by atoms with Gasteiger partial charge in [0.2, 0.25) is 0 Å². The molecular formula is C26H34N4O3. The molecule has 0 aliphatic carbocycles. The Labute approximate surface area is 196 Å². The van der Waals surface area contributed by atoms with Crippen molar-refractivity contribution in [2.75, 3.05) is 63.1 Å². The van der Waals surface area contributed by atoms with Gasteiger partial charge in [-0.05, 0) is 55.8 Å². The van der Waals surface area contributed by atoms with Crippen LogP contribution in [-0.4, -0.2) is 74.5 Å². The van der Waals surface area contributed by atoms with Gasteiger partial charge in [0.25, 0.3) is 0 Å². The highest BCUT2D eigenvalue weighted by atomic mass is 16.5. The van der Waals surface area contributed by atoms with Crippen LogP contribution in [0.25, 0.3) is 0 Å². The molecule has 176 valence electrons. The second kappa shape index (κ2) is 10.7. The maximum atomic E-state index is 13.0. The van der Waals surface area contributed by atoms with Crippen molar-refractivity contribution >= 4 is 23.2 Å². The molecule has 2 aliphatic heterocycles. The molecule has 0 bridgehead atoms. The molecule has 4 rings (SSSR count). The van der Waals surface area contributed by atoms with Gasteiger partial charge in [0.1, 0.15) is 5.75 Å². The molecule has 2 amide bonds. The van der Waals surface area contributed by atoms with Crippen molar-refractivity contribution < 1.29 is 14.3 Å². The maximum Gasteiger partial charge on any atom is 0.321 e. The molecule has 1 N–H and O–H groups in total. The summed E-state index contributed by atoms with van der Waals surface area (Å²) in [5.41, 5.74) is 2.63. The van der Waals surface area contributed by atoms with Gasteiger partial charge in [-0.2, -0.15) is 0 Å². The summed E-state index contributed by atoms with van der Waals surface area (Å²) in [6, 6.07) is 15.2. The first-order valence-electron chi connectivity index (χ1n) is 11.9. The second-order valence-corrected chi connectivity index (χ2v) is 8.72. The van der Waals surface area contributed by atoms with E-state index in [0.717, 1.165) is 49.8 Å². The highest BCUT2D eigenvalue weighted by molar-refractivity contribution is 5.98. The summed E-state index contributed by atoms with van der Waals surface area (Å²) in [5, 5.41) is 3.12. The predicted molar refractivity (Wildman–Crippen MR) is 131 cm³/mol. The standard InChI is InChI=1S/C26H34N4O3/c1-3-28-16-18-29(19-17-28)24-7-5-4-6-23(24)27-26(32)30-14-12-21(13-15-30)25(31)20-8-10-22(33-2)11-9-20/h4-11,21H,3,12-19H2,1-2H3,(H,27,32). The summed E-state index contributed by atoms with van der Waals surface area (Å²) in [6.07, 6.45) is 1.36. The van der Waals surface area contributed by atoms with Crippen molar-refractivity contribution in [2.45, 2.75) is 19.8 Å². The van der Waals surface area contributed by atoms with E-state index in [1.54, 1.807) is 7.11 Å². The van der Waals surface area contributed by atoms with E-state index in [4.69, 9.17) is 4.74 Å². The molecule has 0 spiro atoms. The van der Waals surface area contributed by atoms with Gasteiger partial charge in [0.15, 0.2) is 5.78 Å². The first-order chi connectivity index (χ1) is 16.1. The van der Waals surface area contributed by atoms with Crippen LogP contribution in [0.4, 0.5) is 16.2 Å². The number of nitrogens with zero attached hydrogens (tertiary/aromatic N) is 3. The number of amides is 2. The van der Waals surface area contributed by atoms with Gasteiger partial charge in [0.05, 0.1) is 18.5 Å². The summed E-state index contributed by atoms with van der Waals surface area (Å²) >= 11 is 0. The number of likely N-dealkylation sites (tertiary alicyclic amines) is 1. The Morgan fingerprint density at radius 3 is 2.24 bits per heavy atom. The van der Waals surface area contributed by atoms with E-state index in [2.05, 4.69) is 28.1 Å². The van der Waals surface area contributed by atoms with Crippen LogP contribution < -0.4 is 15.0 Å². The lowest BCUT2D eigenvalue weighted by molar-refractivity contribution is 0.0859. The number of piperazine rings is 1. The van der Waals surface area contributed by atoms with E-state index >= 15 is 0 Å². The highest BCUT2D eigenvalue weighted by Crippen LogP contribution is 2.28. The summed E-state index contributed by atoms with van der Waals surface area (Å²) in [6.45, 7) is 8.41. The SMILES string of the molecule is CCN1CCN(c2ccccc2NC(=O)N2CCC(C(=O)c3ccc(OC)cc3)CC2)CC1. The monoisotopic (exact) mass is 450 g/mol. The summed E-state index contributed by atoms with van der Waals surface area (Å²) in [7, 11) is 1.61. The fourth-order valence-corrected chi connectivity index (χ4v) is 4.69. The summed E-state index contributed by atoms with van der Waals surface area (Å²) in [4.78, 5) is 32.5. The fourth-order valence-electron chi connectivity index (χ4n) is 4.69. The van der Waals surface area contributed by atoms with Gasteiger partial charge in [0, 0.05) is 50.7 Å². The molecule has 2 aromatic carbocycles. The number of nitrogens with one attached hydrogen (secondary N) is 1. The third kappa shape index (κ3) is 5.47. The quantitative estimate of drug-likeness (QED) is 0.675. The topological polar surface area (TPSA) is 65.1 Å². The number of ether oxygens (including phenoxy) is 1. The molecule has 0 saturated carbocycles. The van der Waals surface area contributed by atoms with E-state index in [1.807, 2.05) is 47.4 Å². The second-order valence-electron chi connectivity index (χ2n) is 8.72. The smallest absolute Gasteiger partial charge is 0.321 e. The lowest BCUT2D eigenvalue weighted by atomic mass is 9.89. The number of piperidine rings is 1. The molecule has 2 aromatic rings. The van der Waals surface area contributed by atoms with Gasteiger partial charge in [-0.25, -0.2) is 4.79 Å². The average Bonchev–Trinajstić information content (AvgIpc) is 2.89. The summed E-state index contributed by atoms with van der Waals surface area (Å²) in [5.74, 6) is 0.837. The van der Waals surface area contributed by atoms with Crippen molar-refractivity contribution in [3.05, 3.63) is 54.1 Å². The molecule has 0 radical (unpaired) electrons. The summed E-state index contributed by atoms with van der Waals surface area (Å²) < 4.78 is 5.17. The number of para-hydroxylation sites is 2. The van der Waals surface area contributed by atoms with Gasteiger partial charge in [-0.1, -0.05) is 19.1 Å². The first kappa shape index (κ1) is 23.1. The molecule has 0 atom stereocenters. The molecule has 2 fully saturated rings. The minimum absolute atomic E-state index is 0.0513. The third-order valence-corrected chi connectivity index (χ3v) is 6.83. The zero-order chi connectivity index (χ0) is 23.2. The number of rotatable bonds is 6. The lowest BCUT2D eigenvalue weighted by Gasteiger charge is -2.37. The molecule has 2 aliphatic rings. The van der Waals surface area contributed by atoms with Crippen LogP contribution in [0.1, 0.15) is 30.1 Å². The zero-order valence-corrected chi connectivity index (χ0v) is 19.6. The molecule has 33 heavy (non-hydrogen) atoms. The van der Waals surface area contributed by atoms with Crippen molar-refractivity contribution in [1.29, 1.82) is 0 Å². The molecule has 0 unspecified atom stereocenters. The third-order valence-electron chi connectivity index (χ3n) is 6.83. The Morgan fingerprint density at radius 2 is 1.61 bits per heavy atom. The van der Waals surface area contributed by atoms with E-state index in [9.17, 15) is 9.59 Å². The van der Waals surface area contributed by atoms with E-state index < -0.39 is 0 Å². The number of anilines is 2. The lowest BCUT2D eigenvalue weighted by Crippen LogP contribution is -2.46. The fraction of sp³-hybridized carbons (Fsp3) is 0.462. The minimum Gasteiger partial charge on any atom is -0.497 e. The minimum atomic E-state index is -0.0926. The Hall–Kier alpha value is -3.06. The van der Waals surface area contributed by atoms with Gasteiger partial charge < -0.3 is 24.8 Å². The number of Topliss-reactive ketones (excluding diaryl/α,β-unsaturated/α-hetero) is 1. The number of ketones is 1. The van der Waals surface area contributed by atoms with Gasteiger partial charge in [-0.15, -0.1) is 0 Å². The molecule has 7 heteroatoms. The molecule has 2 saturated heterocycles. The zero-order valence-electron chi connectivity index (χ0n) is 19.6. The number of carbonyl (C=O) groups excluding carboxylic acids is 2. The van der Waals surface area contributed by atoms with Crippen LogP contribution in [0, 0.1) is 5.92 Å². The van der Waals surface area contributed by atoms with Gasteiger partial charge in [-0.3, -0.25) is 4.79 Å². The van der Waals surface area contributed by atoms with E-state index in [1.165, 1.54) is 0 Å². The van der Waals surface area contributed by atoms with Crippen LogP contribution in [-0.2, 0) is 0 Å². The van der Waals surface area contributed by atoms with E-state index in [-0.39, 0.29) is 17.7 Å². The van der Waals surface area contributed by atoms with Crippen molar-refractivity contribution in [2.24, 2.45) is 5.92 Å². The molecule has 0 aromatic heterocycles. The predicted octanol–water partition coefficient (Wildman–Crippen LogP) is 3.96. The Kier molecular flexibility index (Phi) is 7.50. The maximum absolute atomic E-state index is 13.0. The van der Waals surface area contributed by atoms with Crippen LogP contribution in [0.15, 0.2) is 48.5 Å². The van der Waals surface area contributed by atoms with E-state index in [0.29, 0.717) is 31.5 Å². The normalized spacial score (nSPS) is 17.6. The molecule has 7 nitrogen and oxygen atoms in total. The Bertz CT molecular complexity index is 946. The largest absolute Gasteiger partial charge is 0.497 e. The number of hydrogen-bond donors (Lipinski definition) is 1. The average molecular weight is 451 g/mol. The number of hydrogen-bond acceptors (Lipinski definition) is 5. The number of benzene rings is 2. The number of methoxy groups -OCH3 is 1. The Balaban J connectivity index is 1.33. The van der Waals surface area contributed by atoms with Crippen molar-refractivity contribution in [1.82, 2.24) is 9.80 Å². The number of urea groups is 1. The van der Waals surface area contributed by atoms with Crippen LogP contribution in [0.5, 0.6) is 5.75 Å². The highest BCUT2D eigenvalue weighted by Gasteiger charge is 2.28. The van der Waals surface area contributed by atoms with Crippen molar-refractivity contribution in [3.63, 3.8) is 0 Å². The Morgan fingerprint density at radius 1 is 0.939 bits per heavy atom. The number of carbonyl (C=O) groups is 2. The molecular weight excluding hydrogens is 416 g/mol. The molecule has 2 heterocycles. The van der Waals surface area contributed by atoms with Crippen LogP contribution in [0.2, 0.25) is 0 Å².